The zero-order valence-electron chi connectivity index (χ0n) is 16.8. The number of aliphatic hydroxyl groups excluding tert-OH is 1. The SMILES string of the molecule is O=C(N[C@H]1COc2cc(F)cc(F)c2NC1O)C1=NC2=C(/C=C\CC1)COC21CCC1. The molecule has 1 aromatic carbocycles. The van der Waals surface area contributed by atoms with Gasteiger partial charge < -0.3 is 25.2 Å². The Morgan fingerprint density at radius 2 is 2.16 bits per heavy atom. The summed E-state index contributed by atoms with van der Waals surface area (Å²) in [4.78, 5) is 17.7. The summed E-state index contributed by atoms with van der Waals surface area (Å²) in [6.07, 6.45) is 6.62. The average molecular weight is 431 g/mol. The molecule has 0 aromatic heterocycles. The van der Waals surface area contributed by atoms with Gasteiger partial charge in [0.05, 0.1) is 12.3 Å². The molecule has 1 spiro atoms. The van der Waals surface area contributed by atoms with Crippen LogP contribution in [0.25, 0.3) is 0 Å². The molecule has 1 aliphatic carbocycles. The van der Waals surface area contributed by atoms with Gasteiger partial charge in [-0.15, -0.1) is 0 Å². The second-order valence-corrected chi connectivity index (χ2v) is 8.25. The number of carbonyl (C=O) groups excluding carboxylic acids is 1. The molecule has 2 atom stereocenters. The molecule has 1 fully saturated rings. The normalized spacial score (nSPS) is 27.4. The van der Waals surface area contributed by atoms with Gasteiger partial charge in [-0.05, 0) is 32.1 Å². The van der Waals surface area contributed by atoms with E-state index in [0.717, 1.165) is 36.6 Å². The molecule has 3 aliphatic heterocycles. The van der Waals surface area contributed by atoms with E-state index in [2.05, 4.69) is 10.6 Å². The molecule has 1 saturated carbocycles. The number of hydrogen-bond donors (Lipinski definition) is 3. The maximum absolute atomic E-state index is 14.1. The van der Waals surface area contributed by atoms with Crippen LogP contribution in [-0.4, -0.2) is 47.8 Å². The molecule has 1 unspecified atom stereocenters. The number of anilines is 1. The first kappa shape index (κ1) is 20.1. The Morgan fingerprint density at radius 3 is 2.94 bits per heavy atom. The minimum absolute atomic E-state index is 0.0634. The fourth-order valence-corrected chi connectivity index (χ4v) is 4.32. The maximum Gasteiger partial charge on any atom is 0.266 e. The Hall–Kier alpha value is -2.78. The van der Waals surface area contributed by atoms with E-state index in [-0.39, 0.29) is 18.0 Å². The number of nitrogens with one attached hydrogen (secondary N) is 2. The van der Waals surface area contributed by atoms with Crippen LogP contribution in [0.15, 0.2) is 40.5 Å². The van der Waals surface area contributed by atoms with Crippen LogP contribution in [0.4, 0.5) is 14.5 Å². The lowest BCUT2D eigenvalue weighted by Crippen LogP contribution is -2.51. The van der Waals surface area contributed by atoms with E-state index in [1.807, 2.05) is 12.2 Å². The van der Waals surface area contributed by atoms with Gasteiger partial charge in [-0.25, -0.2) is 13.8 Å². The second kappa shape index (κ2) is 7.72. The molecular formula is C22H23F2N3O4. The number of ether oxygens (including phenoxy) is 2. The Balaban J connectivity index is 1.35. The van der Waals surface area contributed by atoms with Gasteiger partial charge in [-0.3, -0.25) is 4.79 Å². The van der Waals surface area contributed by atoms with Gasteiger partial charge in [0.2, 0.25) is 0 Å². The molecule has 7 nitrogen and oxygen atoms in total. The number of aliphatic imine (C=N–C) groups is 1. The third-order valence-corrected chi connectivity index (χ3v) is 6.20. The molecule has 5 rings (SSSR count). The highest BCUT2D eigenvalue weighted by Crippen LogP contribution is 2.48. The first-order valence-corrected chi connectivity index (χ1v) is 10.4. The third-order valence-electron chi connectivity index (χ3n) is 6.20. The van der Waals surface area contributed by atoms with Gasteiger partial charge in [0.15, 0.2) is 5.82 Å². The number of halogens is 2. The molecule has 0 bridgehead atoms. The van der Waals surface area contributed by atoms with E-state index in [4.69, 9.17) is 14.5 Å². The highest BCUT2D eigenvalue weighted by atomic mass is 19.1. The van der Waals surface area contributed by atoms with Crippen LogP contribution >= 0.6 is 0 Å². The van der Waals surface area contributed by atoms with E-state index >= 15 is 0 Å². The molecule has 4 aliphatic rings. The largest absolute Gasteiger partial charge is 0.489 e. The van der Waals surface area contributed by atoms with Crippen LogP contribution in [0.2, 0.25) is 0 Å². The number of fused-ring (bicyclic) bond motifs is 2. The van der Waals surface area contributed by atoms with Crippen LogP contribution in [0.3, 0.4) is 0 Å². The van der Waals surface area contributed by atoms with Crippen LogP contribution in [0.1, 0.15) is 32.1 Å². The van der Waals surface area contributed by atoms with E-state index in [0.29, 0.717) is 31.2 Å². The number of aliphatic hydroxyl groups is 1. The number of benzene rings is 1. The number of rotatable bonds is 2. The van der Waals surface area contributed by atoms with Gasteiger partial charge in [-0.1, -0.05) is 12.2 Å². The zero-order chi connectivity index (χ0) is 21.6. The molecule has 0 radical (unpaired) electrons. The van der Waals surface area contributed by atoms with Crippen molar-refractivity contribution in [1.29, 1.82) is 0 Å². The van der Waals surface area contributed by atoms with Gasteiger partial charge in [0.1, 0.15) is 47.4 Å². The number of nitrogens with zero attached hydrogens (tertiary/aromatic N) is 1. The molecular weight excluding hydrogens is 408 g/mol. The Morgan fingerprint density at radius 1 is 1.32 bits per heavy atom. The minimum Gasteiger partial charge on any atom is -0.489 e. The van der Waals surface area contributed by atoms with Gasteiger partial charge in [-0.2, -0.15) is 0 Å². The van der Waals surface area contributed by atoms with E-state index in [9.17, 15) is 18.7 Å². The van der Waals surface area contributed by atoms with Gasteiger partial charge in [0.25, 0.3) is 5.91 Å². The Labute approximate surface area is 177 Å². The standard InChI is InChI=1S/C22H23F2N3O4/c23-13-8-14(24)18-17(9-13)30-11-16(21(29)27-18)26-20(28)15-5-2-1-4-12-10-31-22(6-3-7-22)19(12)25-15/h1,4,8-9,16,21,27,29H,2-3,5-7,10-11H2,(H,26,28)/b4-1-,25-15?/t16-,21?/m0/s1. The van der Waals surface area contributed by atoms with Crippen LogP contribution in [0, 0.1) is 11.6 Å². The predicted octanol–water partition coefficient (Wildman–Crippen LogP) is 2.57. The van der Waals surface area contributed by atoms with Crippen molar-refractivity contribution in [3.05, 3.63) is 47.2 Å². The number of hydrogen-bond acceptors (Lipinski definition) is 6. The van der Waals surface area contributed by atoms with Crippen molar-refractivity contribution in [3.8, 4) is 5.75 Å². The van der Waals surface area contributed by atoms with Crippen molar-refractivity contribution in [2.24, 2.45) is 4.99 Å². The Bertz CT molecular complexity index is 1020. The fourth-order valence-electron chi connectivity index (χ4n) is 4.32. The average Bonchev–Trinajstić information content (AvgIpc) is 2.96. The summed E-state index contributed by atoms with van der Waals surface area (Å²) in [6, 6.07) is 0.833. The third kappa shape index (κ3) is 3.61. The monoisotopic (exact) mass is 431 g/mol. The van der Waals surface area contributed by atoms with Crippen LogP contribution in [-0.2, 0) is 9.53 Å². The van der Waals surface area contributed by atoms with E-state index in [1.165, 1.54) is 0 Å². The molecule has 3 heterocycles. The lowest BCUT2D eigenvalue weighted by Gasteiger charge is -2.38. The zero-order valence-corrected chi connectivity index (χ0v) is 16.8. The van der Waals surface area contributed by atoms with E-state index in [1.54, 1.807) is 0 Å². The van der Waals surface area contributed by atoms with Crippen LogP contribution < -0.4 is 15.4 Å². The molecule has 31 heavy (non-hydrogen) atoms. The summed E-state index contributed by atoms with van der Waals surface area (Å²) < 4.78 is 39.0. The molecule has 0 saturated heterocycles. The molecule has 1 amide bonds. The van der Waals surface area contributed by atoms with Crippen molar-refractivity contribution in [1.82, 2.24) is 5.32 Å². The van der Waals surface area contributed by atoms with Crippen molar-refractivity contribution in [3.63, 3.8) is 0 Å². The summed E-state index contributed by atoms with van der Waals surface area (Å²) in [5.74, 6) is -2.18. The first-order chi connectivity index (χ1) is 14.9. The van der Waals surface area contributed by atoms with Crippen molar-refractivity contribution >= 4 is 17.3 Å². The molecule has 9 heteroatoms. The predicted molar refractivity (Wildman–Crippen MR) is 109 cm³/mol. The summed E-state index contributed by atoms with van der Waals surface area (Å²) in [5, 5.41) is 15.8. The van der Waals surface area contributed by atoms with Crippen LogP contribution in [0.5, 0.6) is 5.75 Å². The second-order valence-electron chi connectivity index (χ2n) is 8.25. The minimum atomic E-state index is -1.33. The molecule has 164 valence electrons. The lowest BCUT2D eigenvalue weighted by molar-refractivity contribution is -0.116. The Kier molecular flexibility index (Phi) is 5.02. The summed E-state index contributed by atoms with van der Waals surface area (Å²) in [6.45, 7) is 0.327. The topological polar surface area (TPSA) is 92.2 Å². The summed E-state index contributed by atoms with van der Waals surface area (Å²) >= 11 is 0. The highest BCUT2D eigenvalue weighted by molar-refractivity contribution is 6.39. The van der Waals surface area contributed by atoms with Crippen molar-refractivity contribution in [2.75, 3.05) is 18.5 Å². The number of allylic oxidation sites excluding steroid dienone is 1. The quantitative estimate of drug-likeness (QED) is 0.670. The molecule has 3 N–H and O–H groups in total. The fraction of sp³-hybridized carbons (Fsp3) is 0.455. The summed E-state index contributed by atoms with van der Waals surface area (Å²) in [5.41, 5.74) is 1.62. The number of amides is 1. The molecule has 1 aromatic rings. The lowest BCUT2D eigenvalue weighted by atomic mass is 9.77. The van der Waals surface area contributed by atoms with Gasteiger partial charge >= 0.3 is 0 Å². The first-order valence-electron chi connectivity index (χ1n) is 10.4. The van der Waals surface area contributed by atoms with E-state index < -0.39 is 35.4 Å². The highest BCUT2D eigenvalue weighted by Gasteiger charge is 2.47. The smallest absolute Gasteiger partial charge is 0.266 e. The van der Waals surface area contributed by atoms with Crippen molar-refractivity contribution < 1.29 is 28.2 Å². The van der Waals surface area contributed by atoms with Gasteiger partial charge in [0, 0.05) is 17.7 Å². The number of carbonyl (C=O) groups is 1. The van der Waals surface area contributed by atoms with Crippen molar-refractivity contribution in [2.45, 2.75) is 50.0 Å². The summed E-state index contributed by atoms with van der Waals surface area (Å²) in [7, 11) is 0. The maximum atomic E-state index is 14.1.